The summed E-state index contributed by atoms with van der Waals surface area (Å²) in [5.74, 6) is -0.206. The van der Waals surface area contributed by atoms with E-state index >= 15 is 0 Å². The number of nitrogens with zero attached hydrogens (tertiary/aromatic N) is 4. The van der Waals surface area contributed by atoms with Crippen molar-refractivity contribution >= 4 is 29.2 Å². The molecule has 1 aliphatic carbocycles. The van der Waals surface area contributed by atoms with Gasteiger partial charge in [0.25, 0.3) is 0 Å². The van der Waals surface area contributed by atoms with E-state index in [1.165, 1.54) is 0 Å². The van der Waals surface area contributed by atoms with E-state index in [0.717, 1.165) is 62.6 Å². The van der Waals surface area contributed by atoms with Crippen LogP contribution < -0.4 is 10.2 Å². The maximum absolute atomic E-state index is 12.5. The summed E-state index contributed by atoms with van der Waals surface area (Å²) < 4.78 is 0. The van der Waals surface area contributed by atoms with Crippen molar-refractivity contribution in [2.45, 2.75) is 31.2 Å². The molecule has 6 nitrogen and oxygen atoms in total. The summed E-state index contributed by atoms with van der Waals surface area (Å²) in [6, 6.07) is 10.1. The van der Waals surface area contributed by atoms with Gasteiger partial charge in [0.05, 0.1) is 11.6 Å². The normalized spacial score (nSPS) is 25.0. The smallest absolute Gasteiger partial charge is 0.246 e. The van der Waals surface area contributed by atoms with Gasteiger partial charge in [0.15, 0.2) is 5.92 Å². The SMILES string of the molecule is N#C[C@@H]1C(=O)NC(N2CCN(c3ccc(Cl)cc3)CC2)=NC12CCCC2. The van der Waals surface area contributed by atoms with E-state index in [1.807, 2.05) is 24.3 Å². The first-order chi connectivity index (χ1) is 12.6. The zero-order chi connectivity index (χ0) is 18.1. The van der Waals surface area contributed by atoms with Crippen molar-refractivity contribution in [2.75, 3.05) is 31.1 Å². The maximum Gasteiger partial charge on any atom is 0.246 e. The van der Waals surface area contributed by atoms with Gasteiger partial charge in [-0.2, -0.15) is 5.26 Å². The lowest BCUT2D eigenvalue weighted by atomic mass is 9.82. The Balaban J connectivity index is 1.49. The molecule has 2 aliphatic heterocycles. The van der Waals surface area contributed by atoms with E-state index in [1.54, 1.807) is 0 Å². The average Bonchev–Trinajstić information content (AvgIpc) is 3.11. The zero-order valence-electron chi connectivity index (χ0n) is 14.6. The molecule has 26 heavy (non-hydrogen) atoms. The second-order valence-electron chi connectivity index (χ2n) is 7.25. The Morgan fingerprint density at radius 1 is 1.12 bits per heavy atom. The van der Waals surface area contributed by atoms with Crippen molar-refractivity contribution in [1.29, 1.82) is 5.26 Å². The first-order valence-corrected chi connectivity index (χ1v) is 9.55. The number of hydrogen-bond donors (Lipinski definition) is 1. The highest BCUT2D eigenvalue weighted by molar-refractivity contribution is 6.30. The number of nitriles is 1. The number of carbonyl (C=O) groups excluding carboxylic acids is 1. The number of amides is 1. The van der Waals surface area contributed by atoms with Crippen LogP contribution in [0.2, 0.25) is 5.02 Å². The third kappa shape index (κ3) is 3.01. The van der Waals surface area contributed by atoms with E-state index < -0.39 is 11.5 Å². The predicted molar refractivity (Wildman–Crippen MR) is 101 cm³/mol. The zero-order valence-corrected chi connectivity index (χ0v) is 15.4. The van der Waals surface area contributed by atoms with Crippen LogP contribution in [0.5, 0.6) is 0 Å². The van der Waals surface area contributed by atoms with Crippen LogP contribution in [0.4, 0.5) is 5.69 Å². The molecule has 1 atom stereocenters. The van der Waals surface area contributed by atoms with Crippen LogP contribution in [0.25, 0.3) is 0 Å². The van der Waals surface area contributed by atoms with Crippen molar-refractivity contribution in [3.8, 4) is 6.07 Å². The van der Waals surface area contributed by atoms with E-state index in [9.17, 15) is 10.1 Å². The third-order valence-corrected chi connectivity index (χ3v) is 5.98. The van der Waals surface area contributed by atoms with Crippen LogP contribution >= 0.6 is 11.6 Å². The number of aliphatic imine (C=N–C) groups is 1. The number of carbonyl (C=O) groups is 1. The monoisotopic (exact) mass is 371 g/mol. The number of hydrogen-bond acceptors (Lipinski definition) is 5. The lowest BCUT2D eigenvalue weighted by Crippen LogP contribution is -2.59. The summed E-state index contributed by atoms with van der Waals surface area (Å²) >= 11 is 5.97. The molecule has 4 rings (SSSR count). The Kier molecular flexibility index (Phi) is 4.49. The largest absolute Gasteiger partial charge is 0.368 e. The second-order valence-corrected chi connectivity index (χ2v) is 7.68. The molecule has 1 aromatic carbocycles. The van der Waals surface area contributed by atoms with E-state index in [-0.39, 0.29) is 5.91 Å². The van der Waals surface area contributed by atoms with Gasteiger partial charge in [-0.05, 0) is 37.1 Å². The van der Waals surface area contributed by atoms with Gasteiger partial charge >= 0.3 is 0 Å². The number of halogens is 1. The quantitative estimate of drug-likeness (QED) is 0.822. The van der Waals surface area contributed by atoms with E-state index in [2.05, 4.69) is 21.2 Å². The molecule has 0 aromatic heterocycles. The minimum absolute atomic E-state index is 0.195. The standard InChI is InChI=1S/C19H22ClN5O/c20-14-3-5-15(6-4-14)24-9-11-25(12-10-24)18-22-17(26)16(13-21)19(23-18)7-1-2-8-19/h3-6,16H,1-2,7-12H2,(H,22,23,26)/t16-/m1/s1. The highest BCUT2D eigenvalue weighted by Gasteiger charge is 2.49. The Bertz CT molecular complexity index is 755. The molecule has 0 unspecified atom stereocenters. The van der Waals surface area contributed by atoms with Gasteiger partial charge in [0.1, 0.15) is 0 Å². The van der Waals surface area contributed by atoms with E-state index in [0.29, 0.717) is 5.96 Å². The summed E-state index contributed by atoms with van der Waals surface area (Å²) in [5.41, 5.74) is 0.639. The summed E-state index contributed by atoms with van der Waals surface area (Å²) in [6.45, 7) is 3.28. The molecule has 2 fully saturated rings. The third-order valence-electron chi connectivity index (χ3n) is 5.73. The fraction of sp³-hybridized carbons (Fsp3) is 0.526. The Hall–Kier alpha value is -2.26. The number of guanidine groups is 1. The molecule has 1 N–H and O–H groups in total. The summed E-state index contributed by atoms with van der Waals surface area (Å²) in [5, 5.41) is 13.1. The van der Waals surface area contributed by atoms with Gasteiger partial charge in [0, 0.05) is 36.9 Å². The summed E-state index contributed by atoms with van der Waals surface area (Å²) in [6.07, 6.45) is 3.72. The first kappa shape index (κ1) is 17.2. The predicted octanol–water partition coefficient (Wildman–Crippen LogP) is 2.40. The Morgan fingerprint density at radius 3 is 2.35 bits per heavy atom. The molecule has 7 heteroatoms. The highest BCUT2D eigenvalue weighted by atomic mass is 35.5. The lowest BCUT2D eigenvalue weighted by Gasteiger charge is -2.41. The van der Waals surface area contributed by atoms with Crippen LogP contribution in [0.1, 0.15) is 25.7 Å². The fourth-order valence-corrected chi connectivity index (χ4v) is 4.40. The van der Waals surface area contributed by atoms with Gasteiger partial charge in [-0.1, -0.05) is 24.4 Å². The Labute approximate surface area is 158 Å². The van der Waals surface area contributed by atoms with Crippen LogP contribution in [0, 0.1) is 17.2 Å². The minimum atomic E-state index is -0.663. The van der Waals surface area contributed by atoms with E-state index in [4.69, 9.17) is 16.6 Å². The molecule has 0 bridgehead atoms. The summed E-state index contributed by atoms with van der Waals surface area (Å²) in [7, 11) is 0. The maximum atomic E-state index is 12.5. The molecule has 1 aromatic rings. The molecule has 136 valence electrons. The molecule has 1 spiro atoms. The number of piperazine rings is 1. The molecular formula is C19H22ClN5O. The van der Waals surface area contributed by atoms with Crippen molar-refractivity contribution in [3.05, 3.63) is 29.3 Å². The number of rotatable bonds is 1. The van der Waals surface area contributed by atoms with Crippen molar-refractivity contribution in [1.82, 2.24) is 10.2 Å². The molecule has 2 heterocycles. The van der Waals surface area contributed by atoms with Gasteiger partial charge in [0.2, 0.25) is 11.9 Å². The highest BCUT2D eigenvalue weighted by Crippen LogP contribution is 2.41. The summed E-state index contributed by atoms with van der Waals surface area (Å²) in [4.78, 5) is 21.8. The van der Waals surface area contributed by atoms with Gasteiger partial charge in [-0.3, -0.25) is 10.1 Å². The van der Waals surface area contributed by atoms with Crippen LogP contribution in [-0.4, -0.2) is 48.5 Å². The van der Waals surface area contributed by atoms with Gasteiger partial charge < -0.3 is 9.80 Å². The van der Waals surface area contributed by atoms with Gasteiger partial charge in [-0.15, -0.1) is 0 Å². The molecular weight excluding hydrogens is 350 g/mol. The van der Waals surface area contributed by atoms with Crippen LogP contribution in [0.15, 0.2) is 29.3 Å². The molecule has 1 amide bonds. The second kappa shape index (κ2) is 6.81. The van der Waals surface area contributed by atoms with Crippen LogP contribution in [-0.2, 0) is 4.79 Å². The molecule has 0 radical (unpaired) electrons. The number of nitrogens with one attached hydrogen (secondary N) is 1. The van der Waals surface area contributed by atoms with Crippen molar-refractivity contribution < 1.29 is 4.79 Å². The van der Waals surface area contributed by atoms with Crippen molar-refractivity contribution in [2.24, 2.45) is 10.9 Å². The van der Waals surface area contributed by atoms with Crippen LogP contribution in [0.3, 0.4) is 0 Å². The topological polar surface area (TPSA) is 71.7 Å². The molecule has 3 aliphatic rings. The molecule has 1 saturated carbocycles. The minimum Gasteiger partial charge on any atom is -0.368 e. The number of benzene rings is 1. The molecule has 1 saturated heterocycles. The average molecular weight is 372 g/mol. The fourth-order valence-electron chi connectivity index (χ4n) is 4.27. The van der Waals surface area contributed by atoms with Crippen molar-refractivity contribution in [3.63, 3.8) is 0 Å². The number of anilines is 1. The lowest BCUT2D eigenvalue weighted by molar-refractivity contribution is -0.124. The Morgan fingerprint density at radius 2 is 1.73 bits per heavy atom. The first-order valence-electron chi connectivity index (χ1n) is 9.17. The van der Waals surface area contributed by atoms with Gasteiger partial charge in [-0.25, -0.2) is 4.99 Å².